The zero-order valence-electron chi connectivity index (χ0n) is 16.1. The molecule has 4 fully saturated rings. The smallest absolute Gasteiger partial charge is 0.220 e. The maximum Gasteiger partial charge on any atom is 0.220 e. The molecule has 2 unspecified atom stereocenters. The summed E-state index contributed by atoms with van der Waals surface area (Å²) < 4.78 is 0. The van der Waals surface area contributed by atoms with Crippen molar-refractivity contribution < 1.29 is 9.90 Å². The first-order valence-electron chi connectivity index (χ1n) is 10.4. The van der Waals surface area contributed by atoms with Gasteiger partial charge in [-0.15, -0.1) is 0 Å². The van der Waals surface area contributed by atoms with Crippen LogP contribution in [0.4, 0.5) is 0 Å². The first-order chi connectivity index (χ1) is 12.3. The van der Waals surface area contributed by atoms with Gasteiger partial charge < -0.3 is 10.4 Å². The maximum absolute atomic E-state index is 11.9. The Morgan fingerprint density at radius 3 is 2.65 bits per heavy atom. The highest BCUT2D eigenvalue weighted by atomic mass is 79.9. The van der Waals surface area contributed by atoms with Gasteiger partial charge in [-0.05, 0) is 68.1 Å². The second kappa shape index (κ2) is 6.52. The van der Waals surface area contributed by atoms with Gasteiger partial charge in [0.05, 0.1) is 10.9 Å². The topological polar surface area (TPSA) is 49.3 Å². The average Bonchev–Trinajstić information content (AvgIpc) is 2.87. The minimum atomic E-state index is -0.629. The van der Waals surface area contributed by atoms with Crippen molar-refractivity contribution in [1.82, 2.24) is 5.32 Å². The molecule has 1 heterocycles. The van der Waals surface area contributed by atoms with Crippen LogP contribution in [0, 0.1) is 40.4 Å². The van der Waals surface area contributed by atoms with E-state index in [-0.39, 0.29) is 16.7 Å². The summed E-state index contributed by atoms with van der Waals surface area (Å²) >= 11 is 3.36. The molecule has 4 rings (SSSR count). The molecule has 144 valence electrons. The standard InChI is InChI=1S/C22H32BrNO2/c1-20-11-9-19(25)24-18(20)6-5-15-16(20)7-12-21(2)17(15)8-13-22(21,26)10-3-4-14-23/h15-18,26H,5-14H2,1-2H3,(H,24,25)/t15-,16-,17+,18?,20-,21+,22?/m1/s1. The molecule has 3 saturated carbocycles. The van der Waals surface area contributed by atoms with E-state index in [4.69, 9.17) is 0 Å². The fraction of sp³-hybridized carbons (Fsp3) is 0.864. The van der Waals surface area contributed by atoms with Gasteiger partial charge in [0.1, 0.15) is 0 Å². The van der Waals surface area contributed by atoms with Crippen molar-refractivity contribution in [1.29, 1.82) is 0 Å². The van der Waals surface area contributed by atoms with Crippen LogP contribution >= 0.6 is 15.9 Å². The molecule has 1 saturated heterocycles. The van der Waals surface area contributed by atoms with E-state index in [1.54, 1.807) is 0 Å². The molecule has 0 spiro atoms. The Morgan fingerprint density at radius 2 is 1.88 bits per heavy atom. The third kappa shape index (κ3) is 2.60. The van der Waals surface area contributed by atoms with Crippen LogP contribution in [0.1, 0.15) is 71.6 Å². The lowest BCUT2D eigenvalue weighted by Gasteiger charge is -2.61. The molecule has 1 amide bonds. The molecule has 1 aliphatic heterocycles. The molecule has 0 bridgehead atoms. The molecule has 0 aromatic carbocycles. The number of carbonyl (C=O) groups excluding carboxylic acids is 1. The summed E-state index contributed by atoms with van der Waals surface area (Å²) in [6, 6.07) is 0.361. The molecular weight excluding hydrogens is 390 g/mol. The van der Waals surface area contributed by atoms with Crippen LogP contribution in [-0.4, -0.2) is 28.0 Å². The predicted octanol–water partition coefficient (Wildman–Crippen LogP) is 4.03. The van der Waals surface area contributed by atoms with E-state index in [9.17, 15) is 9.90 Å². The monoisotopic (exact) mass is 421 g/mol. The number of halogens is 1. The second-order valence-electron chi connectivity index (χ2n) is 9.77. The highest BCUT2D eigenvalue weighted by molar-refractivity contribution is 9.09. The SMILES string of the molecule is C[C@]12CCC(=O)NC1CC[C@@H]1[C@H]2CC[C@@]2(C)[C@H]1CCC2(O)CC#CCBr. The van der Waals surface area contributed by atoms with Gasteiger partial charge in [-0.3, -0.25) is 4.79 Å². The van der Waals surface area contributed by atoms with Crippen molar-refractivity contribution in [3.63, 3.8) is 0 Å². The lowest BCUT2D eigenvalue weighted by atomic mass is 9.46. The normalized spacial score (nSPS) is 49.9. The van der Waals surface area contributed by atoms with Crippen molar-refractivity contribution in [2.45, 2.75) is 83.3 Å². The molecular formula is C22H32BrNO2. The van der Waals surface area contributed by atoms with E-state index in [1.165, 1.54) is 12.8 Å². The van der Waals surface area contributed by atoms with Gasteiger partial charge in [-0.1, -0.05) is 41.6 Å². The molecule has 0 aromatic rings. The van der Waals surface area contributed by atoms with E-state index in [0.29, 0.717) is 42.0 Å². The van der Waals surface area contributed by atoms with Gasteiger partial charge in [-0.25, -0.2) is 0 Å². The van der Waals surface area contributed by atoms with Gasteiger partial charge in [0.25, 0.3) is 0 Å². The van der Waals surface area contributed by atoms with E-state index in [2.05, 4.69) is 46.9 Å². The van der Waals surface area contributed by atoms with Crippen LogP contribution in [0.15, 0.2) is 0 Å². The molecule has 3 aliphatic carbocycles. The third-order valence-corrected chi connectivity index (χ3v) is 9.27. The number of fused-ring (bicyclic) bond motifs is 5. The zero-order valence-corrected chi connectivity index (χ0v) is 17.7. The Balaban J connectivity index is 1.59. The lowest BCUT2D eigenvalue weighted by molar-refractivity contribution is -0.150. The lowest BCUT2D eigenvalue weighted by Crippen LogP contribution is -2.62. The van der Waals surface area contributed by atoms with Crippen molar-refractivity contribution >= 4 is 21.8 Å². The first kappa shape index (κ1) is 18.8. The van der Waals surface area contributed by atoms with Crippen molar-refractivity contribution in [2.24, 2.45) is 28.6 Å². The molecule has 4 heteroatoms. The molecule has 7 atom stereocenters. The highest BCUT2D eigenvalue weighted by Gasteiger charge is 2.64. The fourth-order valence-electron chi connectivity index (χ4n) is 7.36. The first-order valence-corrected chi connectivity index (χ1v) is 11.5. The number of amides is 1. The van der Waals surface area contributed by atoms with Crippen LogP contribution in [0.3, 0.4) is 0 Å². The van der Waals surface area contributed by atoms with Crippen molar-refractivity contribution in [3.8, 4) is 11.8 Å². The Morgan fingerprint density at radius 1 is 1.12 bits per heavy atom. The number of rotatable bonds is 1. The van der Waals surface area contributed by atoms with Crippen LogP contribution in [0.25, 0.3) is 0 Å². The number of piperidine rings is 1. The van der Waals surface area contributed by atoms with Gasteiger partial charge in [-0.2, -0.15) is 0 Å². The van der Waals surface area contributed by atoms with Gasteiger partial charge in [0.2, 0.25) is 5.91 Å². The van der Waals surface area contributed by atoms with Gasteiger partial charge in [0, 0.05) is 24.3 Å². The summed E-state index contributed by atoms with van der Waals surface area (Å²) in [5, 5.41) is 15.5. The fourth-order valence-corrected chi connectivity index (χ4v) is 7.56. The Bertz CT molecular complexity index is 654. The Hall–Kier alpha value is -0.530. The van der Waals surface area contributed by atoms with Crippen LogP contribution in [-0.2, 0) is 4.79 Å². The second-order valence-corrected chi connectivity index (χ2v) is 10.3. The van der Waals surface area contributed by atoms with E-state index in [1.807, 2.05) is 0 Å². The van der Waals surface area contributed by atoms with Gasteiger partial charge >= 0.3 is 0 Å². The number of alkyl halides is 1. The van der Waals surface area contributed by atoms with Crippen LogP contribution in [0.5, 0.6) is 0 Å². The summed E-state index contributed by atoms with van der Waals surface area (Å²) in [6.45, 7) is 4.77. The van der Waals surface area contributed by atoms with Crippen LogP contribution < -0.4 is 5.32 Å². The summed E-state index contributed by atoms with van der Waals surface area (Å²) in [5.41, 5.74) is -0.388. The largest absolute Gasteiger partial charge is 0.388 e. The molecule has 0 aromatic heterocycles. The van der Waals surface area contributed by atoms with Crippen molar-refractivity contribution in [3.05, 3.63) is 0 Å². The summed E-state index contributed by atoms with van der Waals surface area (Å²) in [7, 11) is 0. The molecule has 26 heavy (non-hydrogen) atoms. The predicted molar refractivity (Wildman–Crippen MR) is 107 cm³/mol. The number of hydrogen-bond acceptors (Lipinski definition) is 2. The van der Waals surface area contributed by atoms with E-state index < -0.39 is 5.60 Å². The quantitative estimate of drug-likeness (QED) is 0.495. The molecule has 0 radical (unpaired) electrons. The number of aliphatic hydroxyl groups is 1. The van der Waals surface area contributed by atoms with E-state index in [0.717, 1.165) is 32.1 Å². The Labute approximate surface area is 166 Å². The Kier molecular flexibility index (Phi) is 4.72. The summed E-state index contributed by atoms with van der Waals surface area (Å²) in [5.74, 6) is 8.53. The van der Waals surface area contributed by atoms with E-state index >= 15 is 0 Å². The minimum Gasteiger partial charge on any atom is -0.388 e. The molecule has 4 aliphatic rings. The maximum atomic E-state index is 11.9. The third-order valence-electron chi connectivity index (χ3n) is 8.99. The number of carbonyl (C=O) groups is 1. The number of hydrogen-bond donors (Lipinski definition) is 2. The zero-order chi connectivity index (χ0) is 18.6. The minimum absolute atomic E-state index is 0.00370. The summed E-state index contributed by atoms with van der Waals surface area (Å²) in [6.07, 6.45) is 8.96. The molecule has 3 nitrogen and oxygen atoms in total. The number of nitrogens with one attached hydrogen (secondary N) is 1. The van der Waals surface area contributed by atoms with Gasteiger partial charge in [0.15, 0.2) is 0 Å². The van der Waals surface area contributed by atoms with Crippen molar-refractivity contribution in [2.75, 3.05) is 5.33 Å². The summed E-state index contributed by atoms with van der Waals surface area (Å²) in [4.78, 5) is 11.9. The highest BCUT2D eigenvalue weighted by Crippen LogP contribution is 2.67. The van der Waals surface area contributed by atoms with Crippen LogP contribution in [0.2, 0.25) is 0 Å². The molecule has 2 N–H and O–H groups in total. The average molecular weight is 422 g/mol.